The van der Waals surface area contributed by atoms with Gasteiger partial charge in [0.2, 0.25) is 0 Å². The average molecular weight is 435 g/mol. The minimum atomic E-state index is -4.50. The molecule has 10 heteroatoms. The van der Waals surface area contributed by atoms with Gasteiger partial charge in [0.15, 0.2) is 6.61 Å². The summed E-state index contributed by atoms with van der Waals surface area (Å²) in [5.41, 5.74) is -0.254. The number of carbonyl (C=O) groups is 1. The van der Waals surface area contributed by atoms with Crippen molar-refractivity contribution in [1.29, 1.82) is 0 Å². The number of nitrogens with one attached hydrogen (secondary N) is 1. The fourth-order valence-electron chi connectivity index (χ4n) is 2.65. The zero-order valence-electron chi connectivity index (χ0n) is 16.0. The quantitative estimate of drug-likeness (QED) is 0.579. The Balaban J connectivity index is 1.49. The highest BCUT2D eigenvalue weighted by Gasteiger charge is 2.30. The molecule has 0 atom stereocenters. The first-order valence-corrected chi connectivity index (χ1v) is 9.11. The molecule has 1 heterocycles. The number of carbonyl (C=O) groups excluding carboxylic acids is 1. The van der Waals surface area contributed by atoms with Gasteiger partial charge in [-0.1, -0.05) is 6.07 Å². The lowest BCUT2D eigenvalue weighted by molar-refractivity contribution is -0.137. The molecule has 0 saturated carbocycles. The van der Waals surface area contributed by atoms with E-state index < -0.39 is 30.1 Å². The smallest absolute Gasteiger partial charge is 0.416 e. The van der Waals surface area contributed by atoms with Gasteiger partial charge >= 0.3 is 6.18 Å². The Morgan fingerprint density at radius 3 is 2.52 bits per heavy atom. The van der Waals surface area contributed by atoms with Crippen molar-refractivity contribution in [3.05, 3.63) is 82.7 Å². The second kappa shape index (κ2) is 9.41. The number of benzene rings is 2. The lowest BCUT2D eigenvalue weighted by Crippen LogP contribution is -2.33. The third-order valence-electron chi connectivity index (χ3n) is 4.23. The molecule has 0 fully saturated rings. The van der Waals surface area contributed by atoms with Crippen LogP contribution >= 0.6 is 0 Å². The van der Waals surface area contributed by atoms with Crippen molar-refractivity contribution < 1.29 is 27.1 Å². The fraction of sp³-hybridized carbons (Fsp3) is 0.190. The molecule has 0 radical (unpaired) electrons. The Kier molecular flexibility index (Phi) is 6.68. The van der Waals surface area contributed by atoms with Gasteiger partial charge in [-0.05, 0) is 42.5 Å². The van der Waals surface area contributed by atoms with Gasteiger partial charge in [0.05, 0.1) is 17.6 Å². The molecule has 0 bridgehead atoms. The number of amides is 1. The summed E-state index contributed by atoms with van der Waals surface area (Å²) in [4.78, 5) is 28.2. The number of hydrogen-bond donors (Lipinski definition) is 1. The molecule has 0 spiro atoms. The van der Waals surface area contributed by atoms with Gasteiger partial charge in [-0.15, -0.1) is 0 Å². The summed E-state index contributed by atoms with van der Waals surface area (Å²) in [7, 11) is 0. The molecule has 1 N–H and O–H groups in total. The standard InChI is InChI=1S/C21H17F4N3O3/c22-16-6-4-14(5-7-16)18-11-20(30)28(13-27-18)9-8-26-19(29)12-31-17-3-1-2-15(10-17)21(23,24)25/h1-7,10-11,13H,8-9,12H2,(H,26,29). The molecule has 31 heavy (non-hydrogen) atoms. The SMILES string of the molecule is O=C(COc1cccc(C(F)(F)F)c1)NCCn1cnc(-c2ccc(F)cc2)cc1=O. The van der Waals surface area contributed by atoms with Crippen LogP contribution < -0.4 is 15.6 Å². The number of hydrogen-bond acceptors (Lipinski definition) is 4. The van der Waals surface area contributed by atoms with Crippen molar-refractivity contribution >= 4 is 5.91 Å². The molecule has 3 rings (SSSR count). The highest BCUT2D eigenvalue weighted by Crippen LogP contribution is 2.31. The van der Waals surface area contributed by atoms with Crippen molar-refractivity contribution in [2.45, 2.75) is 12.7 Å². The van der Waals surface area contributed by atoms with E-state index in [1.807, 2.05) is 0 Å². The van der Waals surface area contributed by atoms with Crippen LogP contribution in [0, 0.1) is 5.82 Å². The predicted octanol–water partition coefficient (Wildman–Crippen LogP) is 3.26. The second-order valence-electron chi connectivity index (χ2n) is 6.48. The molecule has 0 aliphatic carbocycles. The van der Waals surface area contributed by atoms with E-state index in [9.17, 15) is 27.2 Å². The number of halogens is 4. The molecule has 0 saturated heterocycles. The number of rotatable bonds is 7. The van der Waals surface area contributed by atoms with Crippen molar-refractivity contribution in [2.75, 3.05) is 13.2 Å². The maximum atomic E-state index is 13.0. The maximum absolute atomic E-state index is 13.0. The molecule has 162 valence electrons. The highest BCUT2D eigenvalue weighted by atomic mass is 19.4. The summed E-state index contributed by atoms with van der Waals surface area (Å²) >= 11 is 0. The highest BCUT2D eigenvalue weighted by molar-refractivity contribution is 5.77. The molecule has 2 aromatic carbocycles. The van der Waals surface area contributed by atoms with Crippen molar-refractivity contribution in [3.63, 3.8) is 0 Å². The van der Waals surface area contributed by atoms with Crippen LogP contribution in [0.2, 0.25) is 0 Å². The second-order valence-corrected chi connectivity index (χ2v) is 6.48. The van der Waals surface area contributed by atoms with E-state index in [1.165, 1.54) is 53.4 Å². The summed E-state index contributed by atoms with van der Waals surface area (Å²) in [6, 6.07) is 11.0. The number of alkyl halides is 3. The first kappa shape index (κ1) is 22.0. The van der Waals surface area contributed by atoms with Gasteiger partial charge in [0.25, 0.3) is 11.5 Å². The monoisotopic (exact) mass is 435 g/mol. The Labute approximate surface area is 174 Å². The van der Waals surface area contributed by atoms with Crippen molar-refractivity contribution in [1.82, 2.24) is 14.9 Å². The normalized spacial score (nSPS) is 11.2. The summed E-state index contributed by atoms with van der Waals surface area (Å²) in [5, 5.41) is 2.51. The van der Waals surface area contributed by atoms with E-state index in [0.29, 0.717) is 11.3 Å². The van der Waals surface area contributed by atoms with Gasteiger partial charge < -0.3 is 10.1 Å². The van der Waals surface area contributed by atoms with Gasteiger partial charge in [0, 0.05) is 24.7 Å². The molecule has 6 nitrogen and oxygen atoms in total. The van der Waals surface area contributed by atoms with E-state index >= 15 is 0 Å². The summed E-state index contributed by atoms with van der Waals surface area (Å²) in [6.07, 6.45) is -3.19. The van der Waals surface area contributed by atoms with Crippen LogP contribution in [-0.4, -0.2) is 28.6 Å². The molecule has 0 aliphatic rings. The number of nitrogens with zero attached hydrogens (tertiary/aromatic N) is 2. The van der Waals surface area contributed by atoms with Crippen molar-refractivity contribution in [2.24, 2.45) is 0 Å². The third-order valence-corrected chi connectivity index (χ3v) is 4.23. The van der Waals surface area contributed by atoms with E-state index in [0.717, 1.165) is 12.1 Å². The molecular weight excluding hydrogens is 418 g/mol. The van der Waals surface area contributed by atoms with Gasteiger partial charge in [-0.3, -0.25) is 14.2 Å². The fourth-order valence-corrected chi connectivity index (χ4v) is 2.65. The average Bonchev–Trinajstić information content (AvgIpc) is 2.73. The molecule has 1 amide bonds. The van der Waals surface area contributed by atoms with Gasteiger partial charge in [-0.25, -0.2) is 9.37 Å². The molecule has 1 aromatic heterocycles. The Hall–Kier alpha value is -3.69. The van der Waals surface area contributed by atoms with E-state index in [-0.39, 0.29) is 24.4 Å². The Morgan fingerprint density at radius 1 is 1.10 bits per heavy atom. The molecule has 3 aromatic rings. The Morgan fingerprint density at radius 2 is 1.84 bits per heavy atom. The number of ether oxygens (including phenoxy) is 1. The lowest BCUT2D eigenvalue weighted by atomic mass is 10.1. The Bertz CT molecular complexity index is 1110. The van der Waals surface area contributed by atoms with E-state index in [4.69, 9.17) is 4.74 Å². The zero-order valence-corrected chi connectivity index (χ0v) is 16.0. The summed E-state index contributed by atoms with van der Waals surface area (Å²) in [6.45, 7) is -0.259. The molecular formula is C21H17F4N3O3. The summed E-state index contributed by atoms with van der Waals surface area (Å²) in [5.74, 6) is -1.03. The third kappa shape index (κ3) is 6.14. The maximum Gasteiger partial charge on any atom is 0.416 e. The zero-order chi connectivity index (χ0) is 22.4. The van der Waals surface area contributed by atoms with Crippen LogP contribution in [0.5, 0.6) is 5.75 Å². The molecule has 0 unspecified atom stereocenters. The van der Waals surface area contributed by atoms with Crippen LogP contribution in [0.15, 0.2) is 65.7 Å². The largest absolute Gasteiger partial charge is 0.484 e. The van der Waals surface area contributed by atoms with Crippen LogP contribution in [0.1, 0.15) is 5.56 Å². The van der Waals surface area contributed by atoms with E-state index in [1.54, 1.807) is 0 Å². The van der Waals surface area contributed by atoms with Crippen molar-refractivity contribution in [3.8, 4) is 17.0 Å². The lowest BCUT2D eigenvalue weighted by Gasteiger charge is -2.11. The minimum absolute atomic E-state index is 0.0817. The first-order valence-electron chi connectivity index (χ1n) is 9.11. The summed E-state index contributed by atoms with van der Waals surface area (Å²) < 4.78 is 57.4. The number of aromatic nitrogens is 2. The van der Waals surface area contributed by atoms with Crippen LogP contribution in [0.25, 0.3) is 11.3 Å². The van der Waals surface area contributed by atoms with E-state index in [2.05, 4.69) is 10.3 Å². The first-order chi connectivity index (χ1) is 14.7. The van der Waals surface area contributed by atoms with Crippen LogP contribution in [0.4, 0.5) is 17.6 Å². The van der Waals surface area contributed by atoms with Crippen LogP contribution in [0.3, 0.4) is 0 Å². The van der Waals surface area contributed by atoms with Gasteiger partial charge in [-0.2, -0.15) is 13.2 Å². The molecule has 0 aliphatic heterocycles. The van der Waals surface area contributed by atoms with Crippen LogP contribution in [-0.2, 0) is 17.5 Å². The predicted molar refractivity (Wildman–Crippen MR) is 104 cm³/mol. The topological polar surface area (TPSA) is 73.2 Å². The van der Waals surface area contributed by atoms with Gasteiger partial charge in [0.1, 0.15) is 11.6 Å². The minimum Gasteiger partial charge on any atom is -0.484 e.